The molecule has 1 heterocycles. The fourth-order valence-corrected chi connectivity index (χ4v) is 5.01. The molecule has 2 atom stereocenters. The molecular formula is C24H28N2O5S. The second-order valence-corrected chi connectivity index (χ2v) is 10.1. The number of nitrogens with zero attached hydrogens (tertiary/aromatic N) is 1. The molecular weight excluding hydrogens is 428 g/mol. The van der Waals surface area contributed by atoms with Gasteiger partial charge in [-0.3, -0.25) is 4.79 Å². The summed E-state index contributed by atoms with van der Waals surface area (Å²) in [6, 6.07) is 12.5. The molecule has 1 aliphatic heterocycles. The summed E-state index contributed by atoms with van der Waals surface area (Å²) in [5.74, 6) is -1.89. The molecule has 2 aromatic rings. The van der Waals surface area contributed by atoms with E-state index in [9.17, 15) is 18.0 Å². The number of carbonyl (C=O) groups is 2. The van der Waals surface area contributed by atoms with Gasteiger partial charge in [0, 0.05) is 0 Å². The molecule has 170 valence electrons. The van der Waals surface area contributed by atoms with Gasteiger partial charge in [-0.25, -0.2) is 18.2 Å². The van der Waals surface area contributed by atoms with E-state index in [-0.39, 0.29) is 17.2 Å². The number of nitrogens with one attached hydrogen (secondary N) is 1. The van der Waals surface area contributed by atoms with Crippen molar-refractivity contribution in [3.63, 3.8) is 0 Å². The van der Waals surface area contributed by atoms with Crippen LogP contribution in [0.3, 0.4) is 0 Å². The lowest BCUT2D eigenvalue weighted by molar-refractivity contribution is -0.146. The molecule has 2 aromatic carbocycles. The second-order valence-electron chi connectivity index (χ2n) is 8.15. The molecule has 1 N–H and O–H groups in total. The molecule has 0 aliphatic carbocycles. The number of benzene rings is 2. The summed E-state index contributed by atoms with van der Waals surface area (Å²) in [6.07, 6.45) is 0. The average Bonchev–Trinajstić information content (AvgIpc) is 2.73. The third kappa shape index (κ3) is 5.24. The number of esters is 1. The molecule has 0 bridgehead atoms. The second kappa shape index (κ2) is 9.65. The van der Waals surface area contributed by atoms with Crippen molar-refractivity contribution in [1.82, 2.24) is 5.32 Å². The number of hydrogen-bond donors (Lipinski definition) is 1. The Balaban J connectivity index is 2.00. The summed E-state index contributed by atoms with van der Waals surface area (Å²) in [5.41, 5.74) is 2.69. The first-order valence-corrected chi connectivity index (χ1v) is 12.2. The molecule has 2 unspecified atom stereocenters. The first-order chi connectivity index (χ1) is 15.1. The first kappa shape index (κ1) is 23.7. The Labute approximate surface area is 188 Å². The summed E-state index contributed by atoms with van der Waals surface area (Å²) in [4.78, 5) is 29.3. The van der Waals surface area contributed by atoms with E-state index < -0.39 is 39.6 Å². The predicted molar refractivity (Wildman–Crippen MR) is 123 cm³/mol. The van der Waals surface area contributed by atoms with Crippen LogP contribution in [0, 0.1) is 12.8 Å². The third-order valence-electron chi connectivity index (χ3n) is 5.44. The highest BCUT2D eigenvalue weighted by Gasteiger charge is 2.41. The van der Waals surface area contributed by atoms with Crippen LogP contribution in [0.15, 0.2) is 58.4 Å². The Morgan fingerprint density at radius 2 is 1.72 bits per heavy atom. The Morgan fingerprint density at radius 1 is 1.09 bits per heavy atom. The van der Waals surface area contributed by atoms with E-state index in [1.807, 2.05) is 31.2 Å². The van der Waals surface area contributed by atoms with Crippen LogP contribution in [0.5, 0.6) is 0 Å². The molecule has 0 spiro atoms. The average molecular weight is 457 g/mol. The smallest absolute Gasteiger partial charge is 0.341 e. The lowest BCUT2D eigenvalue weighted by atomic mass is 9.87. The van der Waals surface area contributed by atoms with Crippen molar-refractivity contribution < 1.29 is 22.7 Å². The maximum atomic E-state index is 13.0. The molecule has 3 rings (SSSR count). The van der Waals surface area contributed by atoms with Crippen molar-refractivity contribution in [2.45, 2.75) is 44.6 Å². The minimum absolute atomic E-state index is 0.0225. The fourth-order valence-electron chi connectivity index (χ4n) is 3.65. The molecule has 1 aliphatic rings. The molecule has 0 saturated heterocycles. The van der Waals surface area contributed by atoms with Gasteiger partial charge in [0.2, 0.25) is 0 Å². The van der Waals surface area contributed by atoms with Crippen LogP contribution in [-0.2, 0) is 19.4 Å². The van der Waals surface area contributed by atoms with Crippen LogP contribution in [-0.4, -0.2) is 38.5 Å². The Morgan fingerprint density at radius 3 is 2.28 bits per heavy atom. The van der Waals surface area contributed by atoms with Gasteiger partial charge in [-0.2, -0.15) is 0 Å². The highest BCUT2D eigenvalue weighted by atomic mass is 32.2. The lowest BCUT2D eigenvalue weighted by Crippen LogP contribution is -2.47. The van der Waals surface area contributed by atoms with Gasteiger partial charge in [-0.15, -0.1) is 0 Å². The molecule has 0 fully saturated rings. The standard InChI is InChI=1S/C24H28N2O5S/c1-5-31-23(27)21-20(14-32(29,30)19-12-6-16(4)7-13-19)25-24(28)26-22(21)18-10-8-17(9-11-18)15(2)3/h6-13,15,21-22H,5,14H2,1-4H3,(H,26,28). The van der Waals surface area contributed by atoms with Gasteiger partial charge >= 0.3 is 12.0 Å². The zero-order valence-corrected chi connectivity index (χ0v) is 19.5. The van der Waals surface area contributed by atoms with E-state index in [1.165, 1.54) is 12.1 Å². The number of hydrogen-bond acceptors (Lipinski definition) is 5. The van der Waals surface area contributed by atoms with Crippen LogP contribution in [0.4, 0.5) is 4.79 Å². The minimum Gasteiger partial charge on any atom is -0.465 e. The quantitative estimate of drug-likeness (QED) is 0.635. The number of sulfone groups is 1. The van der Waals surface area contributed by atoms with Crippen LogP contribution < -0.4 is 5.32 Å². The fraction of sp³-hybridized carbons (Fsp3) is 0.375. The highest BCUT2D eigenvalue weighted by Crippen LogP contribution is 2.30. The zero-order chi connectivity index (χ0) is 23.5. The van der Waals surface area contributed by atoms with E-state index in [0.29, 0.717) is 11.5 Å². The number of rotatable bonds is 7. The molecule has 0 radical (unpaired) electrons. The topological polar surface area (TPSA) is 102 Å². The van der Waals surface area contributed by atoms with Crippen LogP contribution in [0.25, 0.3) is 0 Å². The molecule has 0 saturated carbocycles. The van der Waals surface area contributed by atoms with Crippen LogP contribution >= 0.6 is 0 Å². The minimum atomic E-state index is -3.82. The molecule has 32 heavy (non-hydrogen) atoms. The van der Waals surface area contributed by atoms with E-state index in [2.05, 4.69) is 24.2 Å². The SMILES string of the molecule is CCOC(=O)C1C(CS(=O)(=O)c2ccc(C)cc2)=NC(=O)NC1c1ccc(C(C)C)cc1. The van der Waals surface area contributed by atoms with Gasteiger partial charge in [-0.05, 0) is 43.0 Å². The van der Waals surface area contributed by atoms with Gasteiger partial charge in [0.25, 0.3) is 0 Å². The van der Waals surface area contributed by atoms with E-state index in [4.69, 9.17) is 4.74 Å². The zero-order valence-electron chi connectivity index (χ0n) is 18.7. The van der Waals surface area contributed by atoms with Crippen molar-refractivity contribution in [3.05, 3.63) is 65.2 Å². The van der Waals surface area contributed by atoms with Crippen molar-refractivity contribution >= 4 is 27.5 Å². The molecule has 2 amide bonds. The Hall–Kier alpha value is -3.00. The monoisotopic (exact) mass is 456 g/mol. The highest BCUT2D eigenvalue weighted by molar-refractivity contribution is 7.92. The summed E-state index contributed by atoms with van der Waals surface area (Å²) >= 11 is 0. The Kier molecular flexibility index (Phi) is 7.13. The normalized spacial score (nSPS) is 18.8. The van der Waals surface area contributed by atoms with E-state index in [1.54, 1.807) is 19.1 Å². The van der Waals surface area contributed by atoms with Crippen molar-refractivity contribution in [2.24, 2.45) is 10.9 Å². The molecule has 7 nitrogen and oxygen atoms in total. The van der Waals surface area contributed by atoms with Gasteiger partial charge in [-0.1, -0.05) is 55.8 Å². The summed E-state index contributed by atoms with van der Waals surface area (Å²) in [7, 11) is -3.82. The number of urea groups is 1. The first-order valence-electron chi connectivity index (χ1n) is 10.6. The van der Waals surface area contributed by atoms with Gasteiger partial charge in [0.1, 0.15) is 5.92 Å². The van der Waals surface area contributed by atoms with E-state index >= 15 is 0 Å². The maximum Gasteiger partial charge on any atom is 0.341 e. The van der Waals surface area contributed by atoms with Crippen molar-refractivity contribution in [1.29, 1.82) is 0 Å². The molecule has 8 heteroatoms. The third-order valence-corrected chi connectivity index (χ3v) is 7.10. The summed E-state index contributed by atoms with van der Waals surface area (Å²) in [6.45, 7) is 7.79. The largest absolute Gasteiger partial charge is 0.465 e. The lowest BCUT2D eigenvalue weighted by Gasteiger charge is -2.31. The number of carbonyl (C=O) groups excluding carboxylic acids is 2. The van der Waals surface area contributed by atoms with Crippen molar-refractivity contribution in [2.75, 3.05) is 12.4 Å². The number of aryl methyl sites for hydroxylation is 1. The van der Waals surface area contributed by atoms with Crippen LogP contribution in [0.2, 0.25) is 0 Å². The van der Waals surface area contributed by atoms with Crippen LogP contribution in [0.1, 0.15) is 49.4 Å². The number of ether oxygens (including phenoxy) is 1. The maximum absolute atomic E-state index is 13.0. The van der Waals surface area contributed by atoms with Gasteiger partial charge < -0.3 is 10.1 Å². The Bertz CT molecular complexity index is 1120. The van der Waals surface area contributed by atoms with Gasteiger partial charge in [0.05, 0.1) is 29.0 Å². The van der Waals surface area contributed by atoms with Crippen molar-refractivity contribution in [3.8, 4) is 0 Å². The summed E-state index contributed by atoms with van der Waals surface area (Å²) < 4.78 is 31.3. The number of aliphatic imine (C=N–C) groups is 1. The number of amides is 2. The van der Waals surface area contributed by atoms with Gasteiger partial charge in [0.15, 0.2) is 9.84 Å². The molecule has 0 aromatic heterocycles. The summed E-state index contributed by atoms with van der Waals surface area (Å²) in [5, 5.41) is 2.71. The van der Waals surface area contributed by atoms with E-state index in [0.717, 1.165) is 11.1 Å². The predicted octanol–water partition coefficient (Wildman–Crippen LogP) is 3.98.